The molecule has 9 nitrogen and oxygen atoms in total. The predicted molar refractivity (Wildman–Crippen MR) is 71.3 cm³/mol. The summed E-state index contributed by atoms with van der Waals surface area (Å²) < 4.78 is 5.11. The van der Waals surface area contributed by atoms with Crippen molar-refractivity contribution in [3.8, 4) is 0 Å². The molecule has 0 aromatic carbocycles. The Morgan fingerprint density at radius 2 is 1.76 bits per heavy atom. The van der Waals surface area contributed by atoms with Gasteiger partial charge in [0, 0.05) is 31.7 Å². The Morgan fingerprint density at radius 1 is 1.10 bits per heavy atom. The van der Waals surface area contributed by atoms with E-state index in [9.17, 15) is 19.2 Å². The molecule has 0 radical (unpaired) electrons. The van der Waals surface area contributed by atoms with Crippen molar-refractivity contribution in [1.29, 1.82) is 0 Å². The summed E-state index contributed by atoms with van der Waals surface area (Å²) in [7, 11) is 0. The van der Waals surface area contributed by atoms with Crippen LogP contribution in [-0.2, 0) is 23.9 Å². The average molecular weight is 298 g/mol. The predicted octanol–water partition coefficient (Wildman–Crippen LogP) is -2.19. The van der Waals surface area contributed by atoms with Crippen LogP contribution in [0.5, 0.6) is 0 Å². The van der Waals surface area contributed by atoms with E-state index in [0.29, 0.717) is 0 Å². The van der Waals surface area contributed by atoms with Gasteiger partial charge in [-0.2, -0.15) is 0 Å². The first-order valence-electron chi connectivity index (χ1n) is 6.42. The number of hydrogen-bond acceptors (Lipinski definition) is 6. The van der Waals surface area contributed by atoms with E-state index >= 15 is 0 Å². The molecule has 1 aliphatic heterocycles. The zero-order valence-corrected chi connectivity index (χ0v) is 11.5. The van der Waals surface area contributed by atoms with Gasteiger partial charge in [0.15, 0.2) is 0 Å². The SMILES string of the molecule is NNC(=O)CCOCCNC(=O)CCN1C(=O)C=CC1=O. The lowest BCUT2D eigenvalue weighted by molar-refractivity contribution is -0.137. The van der Waals surface area contributed by atoms with Gasteiger partial charge in [-0.15, -0.1) is 0 Å². The largest absolute Gasteiger partial charge is 0.379 e. The lowest BCUT2D eigenvalue weighted by Crippen LogP contribution is -2.35. The Morgan fingerprint density at radius 3 is 2.38 bits per heavy atom. The number of hydrazine groups is 1. The molecule has 4 N–H and O–H groups in total. The fourth-order valence-corrected chi connectivity index (χ4v) is 1.55. The van der Waals surface area contributed by atoms with Crippen LogP contribution in [0.2, 0.25) is 0 Å². The first-order chi connectivity index (χ1) is 10.0. The molecule has 9 heteroatoms. The Kier molecular flexibility index (Phi) is 7.05. The van der Waals surface area contributed by atoms with Gasteiger partial charge in [-0.3, -0.25) is 29.5 Å². The monoisotopic (exact) mass is 298 g/mol. The maximum absolute atomic E-state index is 11.5. The molecular formula is C12H18N4O5. The van der Waals surface area contributed by atoms with Crippen molar-refractivity contribution in [3.05, 3.63) is 12.2 Å². The molecule has 0 spiro atoms. The molecule has 0 aromatic heterocycles. The van der Waals surface area contributed by atoms with E-state index in [2.05, 4.69) is 5.32 Å². The van der Waals surface area contributed by atoms with Gasteiger partial charge >= 0.3 is 0 Å². The Balaban J connectivity index is 2.03. The van der Waals surface area contributed by atoms with Crippen molar-refractivity contribution in [1.82, 2.24) is 15.6 Å². The van der Waals surface area contributed by atoms with E-state index < -0.39 is 11.8 Å². The van der Waals surface area contributed by atoms with Crippen LogP contribution >= 0.6 is 0 Å². The molecule has 4 amide bonds. The second kappa shape index (κ2) is 8.82. The first kappa shape index (κ1) is 16.8. The minimum atomic E-state index is -0.408. The minimum absolute atomic E-state index is 0.0364. The third-order valence-corrected chi connectivity index (χ3v) is 2.67. The van der Waals surface area contributed by atoms with Gasteiger partial charge in [0.25, 0.3) is 11.8 Å². The smallest absolute Gasteiger partial charge is 0.253 e. The van der Waals surface area contributed by atoms with Crippen LogP contribution in [0, 0.1) is 0 Å². The van der Waals surface area contributed by atoms with Crippen molar-refractivity contribution in [2.45, 2.75) is 12.8 Å². The summed E-state index contributed by atoms with van der Waals surface area (Å²) in [5, 5.41) is 2.58. The maximum atomic E-state index is 11.5. The van der Waals surface area contributed by atoms with Gasteiger partial charge in [0.2, 0.25) is 11.8 Å². The van der Waals surface area contributed by atoms with Crippen molar-refractivity contribution in [2.75, 3.05) is 26.3 Å². The molecule has 0 saturated carbocycles. The highest BCUT2D eigenvalue weighted by Crippen LogP contribution is 2.03. The minimum Gasteiger partial charge on any atom is -0.379 e. The Hall–Kier alpha value is -2.26. The van der Waals surface area contributed by atoms with Gasteiger partial charge in [-0.05, 0) is 0 Å². The van der Waals surface area contributed by atoms with Crippen LogP contribution in [0.25, 0.3) is 0 Å². The highest BCUT2D eigenvalue weighted by Gasteiger charge is 2.23. The molecule has 0 atom stereocenters. The number of ether oxygens (including phenoxy) is 1. The molecule has 116 valence electrons. The first-order valence-corrected chi connectivity index (χ1v) is 6.42. The van der Waals surface area contributed by atoms with Gasteiger partial charge in [0.05, 0.1) is 19.6 Å². The molecular weight excluding hydrogens is 280 g/mol. The number of carbonyl (C=O) groups is 4. The van der Waals surface area contributed by atoms with Crippen molar-refractivity contribution >= 4 is 23.6 Å². The van der Waals surface area contributed by atoms with Gasteiger partial charge < -0.3 is 10.1 Å². The highest BCUT2D eigenvalue weighted by atomic mass is 16.5. The van der Waals surface area contributed by atoms with E-state index in [1.54, 1.807) is 0 Å². The normalized spacial score (nSPS) is 13.7. The number of nitrogens with zero attached hydrogens (tertiary/aromatic N) is 1. The summed E-state index contributed by atoms with van der Waals surface area (Å²) in [6.07, 6.45) is 2.53. The van der Waals surface area contributed by atoms with Crippen molar-refractivity contribution in [3.63, 3.8) is 0 Å². The fourth-order valence-electron chi connectivity index (χ4n) is 1.55. The molecule has 1 aliphatic rings. The van der Waals surface area contributed by atoms with Crippen molar-refractivity contribution in [2.24, 2.45) is 5.84 Å². The summed E-state index contributed by atoms with van der Waals surface area (Å²) in [5.74, 6) is 3.46. The Bertz CT molecular complexity index is 431. The topological polar surface area (TPSA) is 131 Å². The summed E-state index contributed by atoms with van der Waals surface area (Å²) in [6, 6.07) is 0. The highest BCUT2D eigenvalue weighted by molar-refractivity contribution is 6.13. The molecule has 0 unspecified atom stereocenters. The van der Waals surface area contributed by atoms with Crippen LogP contribution < -0.4 is 16.6 Å². The van der Waals surface area contributed by atoms with E-state index in [0.717, 1.165) is 4.90 Å². The maximum Gasteiger partial charge on any atom is 0.253 e. The number of imide groups is 1. The summed E-state index contributed by atoms with van der Waals surface area (Å²) in [6.45, 7) is 0.797. The number of nitrogens with one attached hydrogen (secondary N) is 2. The van der Waals surface area contributed by atoms with Gasteiger partial charge in [-0.1, -0.05) is 0 Å². The van der Waals surface area contributed by atoms with Crippen LogP contribution in [0.4, 0.5) is 0 Å². The number of amides is 4. The molecule has 21 heavy (non-hydrogen) atoms. The lowest BCUT2D eigenvalue weighted by atomic mass is 10.3. The third-order valence-electron chi connectivity index (χ3n) is 2.67. The lowest BCUT2D eigenvalue weighted by Gasteiger charge is -2.13. The molecule has 1 rings (SSSR count). The van der Waals surface area contributed by atoms with Crippen LogP contribution in [0.3, 0.4) is 0 Å². The van der Waals surface area contributed by atoms with Crippen LogP contribution in [0.1, 0.15) is 12.8 Å². The van der Waals surface area contributed by atoms with Crippen LogP contribution in [0.15, 0.2) is 12.2 Å². The number of carbonyl (C=O) groups excluding carboxylic acids is 4. The molecule has 0 saturated heterocycles. The zero-order valence-electron chi connectivity index (χ0n) is 11.5. The quantitative estimate of drug-likeness (QED) is 0.146. The van der Waals surface area contributed by atoms with E-state index in [4.69, 9.17) is 10.6 Å². The average Bonchev–Trinajstić information content (AvgIpc) is 2.79. The molecule has 0 bridgehead atoms. The second-order valence-corrected chi connectivity index (χ2v) is 4.19. The molecule has 0 fully saturated rings. The summed E-state index contributed by atoms with van der Waals surface area (Å²) in [4.78, 5) is 45.7. The zero-order chi connectivity index (χ0) is 15.7. The van der Waals surface area contributed by atoms with Gasteiger partial charge in [0.1, 0.15) is 0 Å². The van der Waals surface area contributed by atoms with Gasteiger partial charge in [-0.25, -0.2) is 5.84 Å². The van der Waals surface area contributed by atoms with E-state index in [1.165, 1.54) is 12.2 Å². The number of hydrogen-bond donors (Lipinski definition) is 3. The number of rotatable bonds is 9. The Labute approximate surface area is 121 Å². The molecule has 0 aromatic rings. The van der Waals surface area contributed by atoms with Crippen LogP contribution in [-0.4, -0.2) is 54.8 Å². The summed E-state index contributed by atoms with van der Waals surface area (Å²) in [5.41, 5.74) is 1.97. The fraction of sp³-hybridized carbons (Fsp3) is 0.500. The van der Waals surface area contributed by atoms with E-state index in [1.807, 2.05) is 5.43 Å². The third kappa shape index (κ3) is 6.15. The van der Waals surface area contributed by atoms with E-state index in [-0.39, 0.29) is 51.0 Å². The number of nitrogens with two attached hydrogens (primary N) is 1. The van der Waals surface area contributed by atoms with Crippen molar-refractivity contribution < 1.29 is 23.9 Å². The molecule has 0 aliphatic carbocycles. The summed E-state index contributed by atoms with van der Waals surface area (Å²) >= 11 is 0. The second-order valence-electron chi connectivity index (χ2n) is 4.19. The molecule has 1 heterocycles. The standard InChI is InChI=1S/C12H18N4O5/c13-15-10(18)4-7-21-8-5-14-9(17)3-6-16-11(19)1-2-12(16)20/h1-2H,3-8,13H2,(H,14,17)(H,15,18).